The van der Waals surface area contributed by atoms with Crippen LogP contribution in [0.3, 0.4) is 0 Å². The van der Waals surface area contributed by atoms with Gasteiger partial charge in [-0.05, 0) is 24.6 Å². The molecule has 2 heteroatoms. The van der Waals surface area contributed by atoms with Crippen molar-refractivity contribution in [2.45, 2.75) is 26.7 Å². The van der Waals surface area contributed by atoms with E-state index in [-0.39, 0.29) is 0 Å². The maximum Gasteiger partial charge on any atom is 0.127 e. The highest BCUT2D eigenvalue weighted by atomic mass is 16.3. The van der Waals surface area contributed by atoms with Crippen molar-refractivity contribution in [1.29, 1.82) is 0 Å². The zero-order valence-electron chi connectivity index (χ0n) is 8.34. The third-order valence-corrected chi connectivity index (χ3v) is 2.09. The van der Waals surface area contributed by atoms with E-state index in [1.807, 2.05) is 18.2 Å². The fourth-order valence-corrected chi connectivity index (χ4v) is 1.17. The highest BCUT2D eigenvalue weighted by Crippen LogP contribution is 2.13. The minimum Gasteiger partial charge on any atom is -0.462 e. The lowest BCUT2D eigenvalue weighted by Gasteiger charge is -1.97. The monoisotopic (exact) mass is 179 g/mol. The van der Waals surface area contributed by atoms with Crippen LogP contribution in [0.15, 0.2) is 22.1 Å². The zero-order chi connectivity index (χ0) is 9.68. The van der Waals surface area contributed by atoms with Gasteiger partial charge in [0.2, 0.25) is 0 Å². The van der Waals surface area contributed by atoms with E-state index in [1.54, 1.807) is 0 Å². The Kier molecular flexibility index (Phi) is 3.77. The summed E-state index contributed by atoms with van der Waals surface area (Å²) in [6, 6.07) is 4.00. The molecule has 2 N–H and O–H groups in total. The van der Waals surface area contributed by atoms with Gasteiger partial charge in [0.25, 0.3) is 0 Å². The molecule has 0 amide bonds. The molecular weight excluding hydrogens is 162 g/mol. The quantitative estimate of drug-likeness (QED) is 0.771. The number of rotatable bonds is 4. The molecule has 1 aromatic rings. The molecule has 0 aliphatic carbocycles. The summed E-state index contributed by atoms with van der Waals surface area (Å²) in [5.41, 5.74) is 6.78. The lowest BCUT2D eigenvalue weighted by molar-refractivity contribution is 0.507. The first-order valence-corrected chi connectivity index (χ1v) is 4.78. The van der Waals surface area contributed by atoms with Crippen molar-refractivity contribution in [1.82, 2.24) is 0 Å². The average molecular weight is 179 g/mol. The fourth-order valence-electron chi connectivity index (χ4n) is 1.17. The molecule has 0 saturated carbocycles. The van der Waals surface area contributed by atoms with Gasteiger partial charge >= 0.3 is 0 Å². The van der Waals surface area contributed by atoms with Gasteiger partial charge in [-0.25, -0.2) is 0 Å². The molecule has 0 fully saturated rings. The van der Waals surface area contributed by atoms with Gasteiger partial charge in [0.05, 0.1) is 0 Å². The summed E-state index contributed by atoms with van der Waals surface area (Å²) in [6.07, 6.45) is 3.95. The second-order valence-electron chi connectivity index (χ2n) is 3.02. The summed E-state index contributed by atoms with van der Waals surface area (Å²) >= 11 is 0. The van der Waals surface area contributed by atoms with Crippen LogP contribution in [0, 0.1) is 0 Å². The van der Waals surface area contributed by atoms with Crippen LogP contribution < -0.4 is 5.73 Å². The van der Waals surface area contributed by atoms with Crippen LogP contribution in [0.1, 0.15) is 31.8 Å². The highest BCUT2D eigenvalue weighted by Gasteiger charge is 1.98. The molecule has 1 rings (SSSR count). The molecule has 0 saturated heterocycles. The normalized spacial score (nSPS) is 12.1. The van der Waals surface area contributed by atoms with Crippen molar-refractivity contribution in [2.24, 2.45) is 5.73 Å². The van der Waals surface area contributed by atoms with Crippen LogP contribution in [0.25, 0.3) is 6.08 Å². The number of aryl methyl sites for hydroxylation is 1. The smallest absolute Gasteiger partial charge is 0.127 e. The van der Waals surface area contributed by atoms with Crippen LogP contribution in [0.5, 0.6) is 0 Å². The topological polar surface area (TPSA) is 39.2 Å². The summed E-state index contributed by atoms with van der Waals surface area (Å²) in [5, 5.41) is 0. The molecule has 0 atom stereocenters. The van der Waals surface area contributed by atoms with E-state index in [1.165, 1.54) is 5.57 Å². The molecule has 1 heterocycles. The number of furan rings is 1. The summed E-state index contributed by atoms with van der Waals surface area (Å²) in [5.74, 6) is 1.94. The Morgan fingerprint density at radius 1 is 1.46 bits per heavy atom. The molecule has 72 valence electrons. The Morgan fingerprint density at radius 2 is 2.23 bits per heavy atom. The number of hydrogen-bond donors (Lipinski definition) is 1. The molecule has 0 aliphatic rings. The van der Waals surface area contributed by atoms with Gasteiger partial charge in [-0.15, -0.1) is 0 Å². The second kappa shape index (κ2) is 4.87. The SMILES string of the molecule is CCC(=Cc1ccc(CC)o1)CN. The molecule has 2 nitrogen and oxygen atoms in total. The van der Waals surface area contributed by atoms with Crippen LogP contribution in [-0.2, 0) is 6.42 Å². The van der Waals surface area contributed by atoms with Gasteiger partial charge in [-0.1, -0.05) is 19.4 Å². The van der Waals surface area contributed by atoms with Gasteiger partial charge < -0.3 is 10.2 Å². The molecule has 0 bridgehead atoms. The fraction of sp³-hybridized carbons (Fsp3) is 0.455. The van der Waals surface area contributed by atoms with Crippen molar-refractivity contribution >= 4 is 6.08 Å². The lowest BCUT2D eigenvalue weighted by atomic mass is 10.2. The third kappa shape index (κ3) is 2.74. The Morgan fingerprint density at radius 3 is 2.69 bits per heavy atom. The molecule has 0 aliphatic heterocycles. The van der Waals surface area contributed by atoms with Crippen molar-refractivity contribution in [3.63, 3.8) is 0 Å². The van der Waals surface area contributed by atoms with Crippen molar-refractivity contribution in [2.75, 3.05) is 6.54 Å². The Bertz CT molecular complexity index is 280. The molecule has 13 heavy (non-hydrogen) atoms. The standard InChI is InChI=1S/C11H17NO/c1-3-9(8-12)7-11-6-5-10(4-2)13-11/h5-7H,3-4,8,12H2,1-2H3. The maximum absolute atomic E-state index is 5.56. The van der Waals surface area contributed by atoms with Crippen molar-refractivity contribution in [3.05, 3.63) is 29.2 Å². The highest BCUT2D eigenvalue weighted by molar-refractivity contribution is 5.47. The second-order valence-corrected chi connectivity index (χ2v) is 3.02. The minimum absolute atomic E-state index is 0.610. The Labute approximate surface area is 79.4 Å². The molecular formula is C11H17NO. The van der Waals surface area contributed by atoms with E-state index in [9.17, 15) is 0 Å². The van der Waals surface area contributed by atoms with Gasteiger partial charge in [0, 0.05) is 13.0 Å². The van der Waals surface area contributed by atoms with E-state index in [0.29, 0.717) is 6.54 Å². The van der Waals surface area contributed by atoms with Crippen LogP contribution in [-0.4, -0.2) is 6.54 Å². The predicted molar refractivity (Wildman–Crippen MR) is 55.4 cm³/mol. The van der Waals surface area contributed by atoms with E-state index >= 15 is 0 Å². The molecule has 0 spiro atoms. The molecule has 0 unspecified atom stereocenters. The maximum atomic E-state index is 5.56. The zero-order valence-corrected chi connectivity index (χ0v) is 8.34. The van der Waals surface area contributed by atoms with Crippen molar-refractivity contribution < 1.29 is 4.42 Å². The van der Waals surface area contributed by atoms with E-state index in [2.05, 4.69) is 13.8 Å². The van der Waals surface area contributed by atoms with E-state index in [0.717, 1.165) is 24.4 Å². The minimum atomic E-state index is 0.610. The van der Waals surface area contributed by atoms with E-state index in [4.69, 9.17) is 10.2 Å². The number of nitrogens with two attached hydrogens (primary N) is 1. The molecule has 0 radical (unpaired) electrons. The van der Waals surface area contributed by atoms with Gasteiger partial charge in [0.15, 0.2) is 0 Å². The van der Waals surface area contributed by atoms with Crippen LogP contribution in [0.2, 0.25) is 0 Å². The average Bonchev–Trinajstić information content (AvgIpc) is 2.61. The summed E-state index contributed by atoms with van der Waals surface area (Å²) in [4.78, 5) is 0. The van der Waals surface area contributed by atoms with Crippen molar-refractivity contribution in [3.8, 4) is 0 Å². The molecule has 0 aromatic carbocycles. The first-order valence-electron chi connectivity index (χ1n) is 4.78. The van der Waals surface area contributed by atoms with Gasteiger partial charge in [0.1, 0.15) is 11.5 Å². The van der Waals surface area contributed by atoms with Crippen LogP contribution >= 0.6 is 0 Å². The summed E-state index contributed by atoms with van der Waals surface area (Å²) < 4.78 is 5.54. The first-order chi connectivity index (χ1) is 6.30. The lowest BCUT2D eigenvalue weighted by Crippen LogP contribution is -2.01. The van der Waals surface area contributed by atoms with E-state index < -0.39 is 0 Å². The van der Waals surface area contributed by atoms with Crippen LogP contribution in [0.4, 0.5) is 0 Å². The first kappa shape index (κ1) is 10.1. The van der Waals surface area contributed by atoms with Gasteiger partial charge in [-0.3, -0.25) is 0 Å². The Hall–Kier alpha value is -1.02. The summed E-state index contributed by atoms with van der Waals surface area (Å²) in [7, 11) is 0. The Balaban J connectivity index is 2.77. The third-order valence-electron chi connectivity index (χ3n) is 2.09. The predicted octanol–water partition coefficient (Wildman–Crippen LogP) is 2.59. The largest absolute Gasteiger partial charge is 0.462 e. The summed E-state index contributed by atoms with van der Waals surface area (Å²) in [6.45, 7) is 4.79. The van der Waals surface area contributed by atoms with Gasteiger partial charge in [-0.2, -0.15) is 0 Å². The number of hydrogen-bond acceptors (Lipinski definition) is 2. The molecule has 1 aromatic heterocycles.